The van der Waals surface area contributed by atoms with Crippen LogP contribution in [0.1, 0.15) is 0 Å². The third-order valence-corrected chi connectivity index (χ3v) is 6.58. The Balaban J connectivity index is 2.23. The van der Waals surface area contributed by atoms with Crippen LogP contribution in [0.3, 0.4) is 0 Å². The summed E-state index contributed by atoms with van der Waals surface area (Å²) in [6, 6.07) is 12.1. The molecule has 7 heteroatoms. The fraction of sp³-hybridized carbons (Fsp3) is 0. The van der Waals surface area contributed by atoms with Crippen LogP contribution in [0, 0.1) is 0 Å². The topological polar surface area (TPSA) is 68.3 Å². The van der Waals surface area contributed by atoms with Gasteiger partial charge in [-0.3, -0.25) is 9.59 Å². The van der Waals surface area contributed by atoms with Gasteiger partial charge in [-0.2, -0.15) is 0 Å². The van der Waals surface area contributed by atoms with Gasteiger partial charge in [0.25, 0.3) is 0 Å². The van der Waals surface area contributed by atoms with Gasteiger partial charge in [0.15, 0.2) is 0 Å². The molecule has 0 radical (unpaired) electrons. The lowest BCUT2D eigenvalue weighted by molar-refractivity contribution is -0.107. The molecule has 0 unspecified atom stereocenters. The summed E-state index contributed by atoms with van der Waals surface area (Å²) >= 11 is 1.95. The molecule has 4 nitrogen and oxygen atoms in total. The number of hydrogen-bond donors (Lipinski definition) is 0. The van der Waals surface area contributed by atoms with E-state index < -0.39 is 9.84 Å². The van der Waals surface area contributed by atoms with Crippen LogP contribution in [-0.2, 0) is 19.4 Å². The molecule has 0 fully saturated rings. The first-order valence-electron chi connectivity index (χ1n) is 7.00. The Labute approximate surface area is 154 Å². The largest absolute Gasteiger partial charge is 0.282 e. The van der Waals surface area contributed by atoms with E-state index in [0.717, 1.165) is 23.5 Å². The summed E-state index contributed by atoms with van der Waals surface area (Å²) in [7, 11) is -3.67. The van der Waals surface area contributed by atoms with Crippen molar-refractivity contribution in [1.82, 2.24) is 0 Å². The van der Waals surface area contributed by atoms with Crippen LogP contribution < -0.4 is 0 Å². The smallest absolute Gasteiger partial charge is 0.216 e. The maximum Gasteiger partial charge on any atom is 0.216 e. The minimum Gasteiger partial charge on any atom is -0.282 e. The average molecular weight is 391 g/mol. The summed E-state index contributed by atoms with van der Waals surface area (Å²) in [5.41, 5.74) is 0. The van der Waals surface area contributed by atoms with E-state index in [1.165, 1.54) is 36.4 Å². The molecule has 0 heterocycles. The highest BCUT2D eigenvalue weighted by Gasteiger charge is 2.18. The van der Waals surface area contributed by atoms with E-state index in [0.29, 0.717) is 9.79 Å². The molecule has 2 aromatic carbocycles. The van der Waals surface area contributed by atoms with E-state index in [-0.39, 0.29) is 20.0 Å². The highest BCUT2D eigenvalue weighted by atomic mass is 32.2. The quantitative estimate of drug-likeness (QED) is 0.546. The number of thioether (sulfide) groups is 2. The SMILES string of the molecule is C=CC(=O)Sc1ccc(S(=O)(=O)c2ccc(SC(=O)C=C)cc2)cc1. The molecule has 0 aliphatic rings. The van der Waals surface area contributed by atoms with Crippen molar-refractivity contribution in [1.29, 1.82) is 0 Å². The van der Waals surface area contributed by atoms with Crippen LogP contribution in [0.5, 0.6) is 0 Å². The van der Waals surface area contributed by atoms with Crippen LogP contribution in [0.15, 0.2) is 93.4 Å². The first kappa shape index (κ1) is 19.2. The van der Waals surface area contributed by atoms with Crippen molar-refractivity contribution in [3.63, 3.8) is 0 Å². The Morgan fingerprint density at radius 2 is 1.04 bits per heavy atom. The minimum absolute atomic E-state index is 0.130. The second-order valence-electron chi connectivity index (χ2n) is 4.70. The molecule has 0 saturated heterocycles. The monoisotopic (exact) mass is 390 g/mol. The molecule has 0 aromatic heterocycles. The summed E-state index contributed by atoms with van der Waals surface area (Å²) in [6.45, 7) is 6.78. The maximum atomic E-state index is 12.6. The highest BCUT2D eigenvalue weighted by molar-refractivity contribution is 8.14. The van der Waals surface area contributed by atoms with Crippen LogP contribution in [0.2, 0.25) is 0 Å². The fourth-order valence-corrected chi connectivity index (χ4v) is 4.26. The molecule has 0 N–H and O–H groups in total. The summed E-state index contributed by atoms with van der Waals surface area (Å²) in [4.78, 5) is 24.2. The minimum atomic E-state index is -3.67. The van der Waals surface area contributed by atoms with E-state index in [1.54, 1.807) is 24.3 Å². The molecule has 25 heavy (non-hydrogen) atoms. The zero-order valence-corrected chi connectivity index (χ0v) is 15.5. The zero-order valence-electron chi connectivity index (χ0n) is 13.0. The average Bonchev–Trinajstić information content (AvgIpc) is 2.62. The number of rotatable bonds is 6. The van der Waals surface area contributed by atoms with Gasteiger partial charge >= 0.3 is 0 Å². The van der Waals surface area contributed by atoms with Gasteiger partial charge < -0.3 is 0 Å². The van der Waals surface area contributed by atoms with Crippen molar-refractivity contribution in [2.45, 2.75) is 19.6 Å². The summed E-state index contributed by atoms with van der Waals surface area (Å²) in [5, 5.41) is -0.421. The van der Waals surface area contributed by atoms with Gasteiger partial charge in [-0.1, -0.05) is 13.2 Å². The molecule has 2 rings (SSSR count). The predicted octanol–water partition coefficient (Wildman–Crippen LogP) is 4.13. The van der Waals surface area contributed by atoms with Gasteiger partial charge in [0, 0.05) is 9.79 Å². The number of sulfone groups is 1. The van der Waals surface area contributed by atoms with Crippen LogP contribution in [0.4, 0.5) is 0 Å². The number of carbonyl (C=O) groups is 2. The fourth-order valence-electron chi connectivity index (χ4n) is 1.83. The van der Waals surface area contributed by atoms with E-state index in [4.69, 9.17) is 0 Å². The lowest BCUT2D eigenvalue weighted by Gasteiger charge is -2.06. The van der Waals surface area contributed by atoms with Crippen molar-refractivity contribution < 1.29 is 18.0 Å². The van der Waals surface area contributed by atoms with Gasteiger partial charge in [0.05, 0.1) is 9.79 Å². The molecule has 0 spiro atoms. The van der Waals surface area contributed by atoms with Crippen molar-refractivity contribution in [3.05, 3.63) is 73.8 Å². The normalized spacial score (nSPS) is 10.9. The summed E-state index contributed by atoms with van der Waals surface area (Å²) < 4.78 is 25.3. The Morgan fingerprint density at radius 1 is 0.720 bits per heavy atom. The molecular formula is C18H14O4S3. The lowest BCUT2D eigenvalue weighted by atomic mass is 10.4. The third-order valence-electron chi connectivity index (χ3n) is 3.04. The first-order valence-corrected chi connectivity index (χ1v) is 10.1. The molecule has 2 aromatic rings. The Kier molecular flexibility index (Phi) is 6.41. The summed E-state index contributed by atoms with van der Waals surface area (Å²) in [5.74, 6) is 0. The van der Waals surface area contributed by atoms with Gasteiger partial charge in [0.1, 0.15) is 0 Å². The Morgan fingerprint density at radius 3 is 1.32 bits per heavy atom. The van der Waals surface area contributed by atoms with E-state index in [9.17, 15) is 18.0 Å². The molecule has 0 bridgehead atoms. The lowest BCUT2D eigenvalue weighted by Crippen LogP contribution is -2.01. The van der Waals surface area contributed by atoms with Crippen LogP contribution >= 0.6 is 23.5 Å². The van der Waals surface area contributed by atoms with Crippen molar-refractivity contribution in [2.75, 3.05) is 0 Å². The second-order valence-corrected chi connectivity index (χ2v) is 8.80. The number of carbonyl (C=O) groups excluding carboxylic acids is 2. The van der Waals surface area contributed by atoms with Crippen molar-refractivity contribution in [2.24, 2.45) is 0 Å². The number of hydrogen-bond acceptors (Lipinski definition) is 6. The third kappa shape index (κ3) is 4.94. The molecule has 0 aliphatic heterocycles. The van der Waals surface area contributed by atoms with E-state index >= 15 is 0 Å². The summed E-state index contributed by atoms with van der Waals surface area (Å²) in [6.07, 6.45) is 2.40. The van der Waals surface area contributed by atoms with Crippen LogP contribution in [-0.4, -0.2) is 18.6 Å². The standard InChI is InChI=1S/C18H14O4S3/c1-3-17(19)23-13-5-9-15(10-6-13)25(21,22)16-11-7-14(8-12-16)24-18(20)4-2/h3-12H,1-2H2. The zero-order chi connectivity index (χ0) is 18.4. The van der Waals surface area contributed by atoms with Crippen molar-refractivity contribution in [3.8, 4) is 0 Å². The highest BCUT2D eigenvalue weighted by Crippen LogP contribution is 2.27. The predicted molar refractivity (Wildman–Crippen MR) is 100 cm³/mol. The van der Waals surface area contributed by atoms with Gasteiger partial charge in [-0.05, 0) is 84.2 Å². The molecule has 0 atom stereocenters. The molecule has 0 amide bonds. The van der Waals surface area contributed by atoms with Gasteiger partial charge in [0.2, 0.25) is 20.1 Å². The molecule has 128 valence electrons. The molecule has 0 saturated carbocycles. The Bertz CT molecular complexity index is 840. The molecule has 0 aliphatic carbocycles. The van der Waals surface area contributed by atoms with Crippen LogP contribution in [0.25, 0.3) is 0 Å². The van der Waals surface area contributed by atoms with E-state index in [2.05, 4.69) is 13.2 Å². The van der Waals surface area contributed by atoms with Gasteiger partial charge in [-0.15, -0.1) is 0 Å². The first-order chi connectivity index (χ1) is 11.9. The molecular weight excluding hydrogens is 376 g/mol. The number of benzene rings is 2. The Hall–Kier alpha value is -2.09. The van der Waals surface area contributed by atoms with Crippen molar-refractivity contribution >= 4 is 43.6 Å². The van der Waals surface area contributed by atoms with Gasteiger partial charge in [-0.25, -0.2) is 8.42 Å². The second kappa shape index (κ2) is 8.33. The van der Waals surface area contributed by atoms with E-state index in [1.807, 2.05) is 0 Å². The maximum absolute atomic E-state index is 12.6.